The summed E-state index contributed by atoms with van der Waals surface area (Å²) in [6.07, 6.45) is 1.63. The van der Waals surface area contributed by atoms with Crippen LogP contribution in [-0.2, 0) is 5.60 Å². The van der Waals surface area contributed by atoms with E-state index in [1.165, 1.54) is 0 Å². The number of aliphatic hydroxyl groups is 1. The first kappa shape index (κ1) is 12.2. The van der Waals surface area contributed by atoms with Crippen molar-refractivity contribution in [2.45, 2.75) is 38.2 Å². The zero-order chi connectivity index (χ0) is 12.6. The van der Waals surface area contributed by atoms with Crippen LogP contribution in [-0.4, -0.2) is 19.3 Å². The largest absolute Gasteiger partial charge is 0.496 e. The molecule has 2 rings (SSSR count). The van der Waals surface area contributed by atoms with Crippen molar-refractivity contribution in [2.24, 2.45) is 0 Å². The third-order valence-corrected chi connectivity index (χ3v) is 3.38. The smallest absolute Gasteiger partial charge is 0.132 e. The molecule has 0 radical (unpaired) electrons. The fourth-order valence-corrected chi connectivity index (χ4v) is 2.28. The maximum atomic E-state index is 10.3. The van der Waals surface area contributed by atoms with Crippen molar-refractivity contribution >= 4 is 0 Å². The second-order valence-electron chi connectivity index (χ2n) is 4.95. The molecule has 1 aromatic rings. The van der Waals surface area contributed by atoms with Crippen molar-refractivity contribution < 1.29 is 14.6 Å². The fourth-order valence-electron chi connectivity index (χ4n) is 2.28. The summed E-state index contributed by atoms with van der Waals surface area (Å²) >= 11 is 0. The van der Waals surface area contributed by atoms with Crippen LogP contribution in [0.2, 0.25) is 0 Å². The van der Waals surface area contributed by atoms with E-state index in [4.69, 9.17) is 9.47 Å². The molecule has 1 aromatic carbocycles. The normalized spacial score (nSPS) is 17.1. The van der Waals surface area contributed by atoms with E-state index in [1.807, 2.05) is 12.1 Å². The highest BCUT2D eigenvalue weighted by Crippen LogP contribution is 2.51. The molecular formula is C14H20O3. The molecule has 0 heterocycles. The van der Waals surface area contributed by atoms with Crippen LogP contribution >= 0.6 is 0 Å². The minimum atomic E-state index is -0.679. The van der Waals surface area contributed by atoms with Gasteiger partial charge in [0, 0.05) is 11.1 Å². The summed E-state index contributed by atoms with van der Waals surface area (Å²) in [6.45, 7) is 4.20. The molecule has 1 aliphatic carbocycles. The molecule has 0 atom stereocenters. The predicted octanol–water partition coefficient (Wildman–Crippen LogP) is 2.81. The lowest BCUT2D eigenvalue weighted by Crippen LogP contribution is -2.10. The molecule has 0 aliphatic heterocycles. The molecule has 0 aromatic heterocycles. The van der Waals surface area contributed by atoms with Gasteiger partial charge < -0.3 is 14.6 Å². The first-order valence-corrected chi connectivity index (χ1v) is 6.01. The number of ether oxygens (including phenoxy) is 2. The van der Waals surface area contributed by atoms with Gasteiger partial charge in [-0.3, -0.25) is 0 Å². The minimum Gasteiger partial charge on any atom is -0.496 e. The van der Waals surface area contributed by atoms with Gasteiger partial charge >= 0.3 is 0 Å². The molecule has 0 unspecified atom stereocenters. The summed E-state index contributed by atoms with van der Waals surface area (Å²) in [5, 5.41) is 10.3. The Morgan fingerprint density at radius 2 is 1.82 bits per heavy atom. The molecule has 0 spiro atoms. The molecule has 1 N–H and O–H groups in total. The van der Waals surface area contributed by atoms with Crippen molar-refractivity contribution in [2.75, 3.05) is 14.2 Å². The molecule has 1 saturated carbocycles. The van der Waals surface area contributed by atoms with Gasteiger partial charge in [-0.05, 0) is 30.9 Å². The van der Waals surface area contributed by atoms with Gasteiger partial charge in [0.1, 0.15) is 11.5 Å². The summed E-state index contributed by atoms with van der Waals surface area (Å²) in [6, 6.07) is 3.83. The predicted molar refractivity (Wildman–Crippen MR) is 66.8 cm³/mol. The van der Waals surface area contributed by atoms with Crippen LogP contribution in [0.25, 0.3) is 0 Å². The lowest BCUT2D eigenvalue weighted by molar-refractivity contribution is 0.147. The highest BCUT2D eigenvalue weighted by molar-refractivity contribution is 5.54. The molecule has 0 amide bonds. The Balaban J connectivity index is 2.59. The third kappa shape index (κ3) is 2.00. The highest BCUT2D eigenvalue weighted by Gasteiger charge is 2.45. The highest BCUT2D eigenvalue weighted by atomic mass is 16.5. The molecule has 94 valence electrons. The number of hydrogen-bond acceptors (Lipinski definition) is 3. The summed E-state index contributed by atoms with van der Waals surface area (Å²) in [4.78, 5) is 0. The van der Waals surface area contributed by atoms with Gasteiger partial charge in [-0.15, -0.1) is 0 Å². The van der Waals surface area contributed by atoms with E-state index >= 15 is 0 Å². The van der Waals surface area contributed by atoms with Gasteiger partial charge in [0.2, 0.25) is 0 Å². The monoisotopic (exact) mass is 236 g/mol. The molecule has 17 heavy (non-hydrogen) atoms. The van der Waals surface area contributed by atoms with Crippen molar-refractivity contribution in [3.8, 4) is 11.5 Å². The molecule has 3 nitrogen and oxygen atoms in total. The van der Waals surface area contributed by atoms with Crippen molar-refractivity contribution in [3.63, 3.8) is 0 Å². The first-order chi connectivity index (χ1) is 8.03. The van der Waals surface area contributed by atoms with Gasteiger partial charge in [-0.2, -0.15) is 0 Å². The molecule has 3 heteroatoms. The number of rotatable bonds is 4. The molecule has 1 fully saturated rings. The molecule has 0 bridgehead atoms. The van der Waals surface area contributed by atoms with Gasteiger partial charge in [-0.1, -0.05) is 13.8 Å². The van der Waals surface area contributed by atoms with Crippen LogP contribution < -0.4 is 9.47 Å². The summed E-state index contributed by atoms with van der Waals surface area (Å²) in [5.41, 5.74) is 1.25. The Morgan fingerprint density at radius 3 is 2.24 bits per heavy atom. The van der Waals surface area contributed by atoms with Crippen LogP contribution in [0.15, 0.2) is 12.1 Å². The Kier molecular flexibility index (Phi) is 3.04. The fraction of sp³-hybridized carbons (Fsp3) is 0.571. The van der Waals surface area contributed by atoms with E-state index in [1.54, 1.807) is 14.2 Å². The zero-order valence-electron chi connectivity index (χ0n) is 10.9. The summed E-state index contributed by atoms with van der Waals surface area (Å²) < 4.78 is 10.9. The standard InChI is InChI=1S/C14H20O3/c1-9(2)12-11(16-3)6-5-10(13(12)17-4)14(15)7-8-14/h5-6,9,15H,7-8H2,1-4H3. The zero-order valence-corrected chi connectivity index (χ0v) is 10.9. The number of methoxy groups -OCH3 is 2. The van der Waals surface area contributed by atoms with Crippen LogP contribution in [0, 0.1) is 0 Å². The molecule has 1 aliphatic rings. The van der Waals surface area contributed by atoms with E-state index in [0.29, 0.717) is 5.92 Å². The maximum Gasteiger partial charge on any atom is 0.132 e. The van der Waals surface area contributed by atoms with E-state index in [0.717, 1.165) is 35.5 Å². The molecular weight excluding hydrogens is 216 g/mol. The van der Waals surface area contributed by atoms with Gasteiger partial charge in [0.15, 0.2) is 0 Å². The second kappa shape index (κ2) is 4.22. The Labute approximate surface area is 102 Å². The summed E-state index contributed by atoms with van der Waals surface area (Å²) in [5.74, 6) is 1.89. The van der Waals surface area contributed by atoms with Crippen molar-refractivity contribution in [1.82, 2.24) is 0 Å². The minimum absolute atomic E-state index is 0.294. The quantitative estimate of drug-likeness (QED) is 0.873. The van der Waals surface area contributed by atoms with Gasteiger partial charge in [-0.25, -0.2) is 0 Å². The Morgan fingerprint density at radius 1 is 1.18 bits per heavy atom. The van der Waals surface area contributed by atoms with Gasteiger partial charge in [0.25, 0.3) is 0 Å². The van der Waals surface area contributed by atoms with Crippen LogP contribution in [0.5, 0.6) is 11.5 Å². The van der Waals surface area contributed by atoms with E-state index in [9.17, 15) is 5.11 Å². The topological polar surface area (TPSA) is 38.7 Å². The first-order valence-electron chi connectivity index (χ1n) is 6.01. The van der Waals surface area contributed by atoms with Crippen molar-refractivity contribution in [1.29, 1.82) is 0 Å². The number of benzene rings is 1. The number of hydrogen-bond donors (Lipinski definition) is 1. The lowest BCUT2D eigenvalue weighted by Gasteiger charge is -2.21. The SMILES string of the molecule is COc1ccc(C2(O)CC2)c(OC)c1C(C)C. The van der Waals surface area contributed by atoms with Crippen LogP contribution in [0.3, 0.4) is 0 Å². The van der Waals surface area contributed by atoms with Crippen LogP contribution in [0.1, 0.15) is 43.7 Å². The van der Waals surface area contributed by atoms with E-state index in [-0.39, 0.29) is 0 Å². The Bertz CT molecular complexity index is 420. The van der Waals surface area contributed by atoms with E-state index < -0.39 is 5.60 Å². The second-order valence-corrected chi connectivity index (χ2v) is 4.95. The maximum absolute atomic E-state index is 10.3. The average molecular weight is 236 g/mol. The van der Waals surface area contributed by atoms with E-state index in [2.05, 4.69) is 13.8 Å². The summed E-state index contributed by atoms with van der Waals surface area (Å²) in [7, 11) is 3.31. The van der Waals surface area contributed by atoms with Gasteiger partial charge in [0.05, 0.1) is 19.8 Å². The van der Waals surface area contributed by atoms with Crippen molar-refractivity contribution in [3.05, 3.63) is 23.3 Å². The van der Waals surface area contributed by atoms with Crippen LogP contribution in [0.4, 0.5) is 0 Å². The third-order valence-electron chi connectivity index (χ3n) is 3.38. The molecule has 0 saturated heterocycles. The lowest BCUT2D eigenvalue weighted by atomic mass is 9.94. The Hall–Kier alpha value is -1.22. The average Bonchev–Trinajstić information content (AvgIpc) is 3.06.